The molecule has 1 aromatic rings. The van der Waals surface area contributed by atoms with Crippen molar-refractivity contribution in [2.75, 3.05) is 6.54 Å². The summed E-state index contributed by atoms with van der Waals surface area (Å²) in [6, 6.07) is 11.1. The van der Waals surface area contributed by atoms with Crippen LogP contribution in [-0.4, -0.2) is 18.5 Å². The first-order chi connectivity index (χ1) is 8.13. The molecular weight excluding hydrogens is 214 g/mol. The van der Waals surface area contributed by atoms with Crippen molar-refractivity contribution in [3.8, 4) is 6.07 Å². The van der Waals surface area contributed by atoms with Crippen molar-refractivity contribution in [3.05, 3.63) is 35.9 Å². The topological polar surface area (TPSA) is 78.9 Å². The summed E-state index contributed by atoms with van der Waals surface area (Å²) < 4.78 is 0. The van der Waals surface area contributed by atoms with Gasteiger partial charge < -0.3 is 11.1 Å². The summed E-state index contributed by atoms with van der Waals surface area (Å²) in [5.74, 6) is -0.404. The molecule has 0 aliphatic heterocycles. The maximum absolute atomic E-state index is 11.6. The number of hydrogen-bond acceptors (Lipinski definition) is 3. The lowest BCUT2D eigenvalue weighted by Gasteiger charge is -2.12. The first-order valence-electron chi connectivity index (χ1n) is 5.60. The summed E-state index contributed by atoms with van der Waals surface area (Å²) in [6.45, 7) is 2.10. The lowest BCUT2D eigenvalue weighted by Crippen LogP contribution is -2.43. The number of hydrogen-bond donors (Lipinski definition) is 2. The summed E-state index contributed by atoms with van der Waals surface area (Å²) in [5.41, 5.74) is 6.81. The summed E-state index contributed by atoms with van der Waals surface area (Å²) in [4.78, 5) is 11.6. The van der Waals surface area contributed by atoms with Crippen LogP contribution in [0.3, 0.4) is 0 Å². The Morgan fingerprint density at radius 3 is 2.71 bits per heavy atom. The minimum atomic E-state index is -0.566. The average Bonchev–Trinajstić information content (AvgIpc) is 2.36. The van der Waals surface area contributed by atoms with Gasteiger partial charge in [0.05, 0.1) is 18.0 Å². The monoisotopic (exact) mass is 231 g/mol. The zero-order valence-corrected chi connectivity index (χ0v) is 9.89. The predicted molar refractivity (Wildman–Crippen MR) is 65.9 cm³/mol. The largest absolute Gasteiger partial charge is 0.353 e. The Morgan fingerprint density at radius 2 is 2.12 bits per heavy atom. The zero-order valence-electron chi connectivity index (χ0n) is 9.89. The highest BCUT2D eigenvalue weighted by Gasteiger charge is 2.14. The fraction of sp³-hybridized carbons (Fsp3) is 0.385. The molecule has 0 saturated heterocycles. The number of amides is 1. The lowest BCUT2D eigenvalue weighted by atomic mass is 10.1. The van der Waals surface area contributed by atoms with E-state index in [1.807, 2.05) is 30.3 Å². The van der Waals surface area contributed by atoms with Gasteiger partial charge in [-0.3, -0.25) is 4.79 Å². The third kappa shape index (κ3) is 4.66. The van der Waals surface area contributed by atoms with Crippen LogP contribution in [0.4, 0.5) is 0 Å². The second-order valence-corrected chi connectivity index (χ2v) is 4.07. The van der Waals surface area contributed by atoms with Crippen molar-refractivity contribution in [1.82, 2.24) is 5.32 Å². The third-order valence-electron chi connectivity index (χ3n) is 2.44. The highest BCUT2D eigenvalue weighted by molar-refractivity contribution is 5.81. The number of nitrogens with one attached hydrogen (secondary N) is 1. The molecule has 4 heteroatoms. The molecule has 0 radical (unpaired) electrons. The van der Waals surface area contributed by atoms with Crippen LogP contribution in [0.15, 0.2) is 30.3 Å². The van der Waals surface area contributed by atoms with Crippen LogP contribution < -0.4 is 11.1 Å². The van der Waals surface area contributed by atoms with Crippen molar-refractivity contribution in [3.63, 3.8) is 0 Å². The molecule has 2 atom stereocenters. The maximum Gasteiger partial charge on any atom is 0.237 e. The van der Waals surface area contributed by atoms with Gasteiger partial charge in [-0.05, 0) is 18.9 Å². The Morgan fingerprint density at radius 1 is 1.47 bits per heavy atom. The van der Waals surface area contributed by atoms with E-state index in [1.165, 1.54) is 0 Å². The van der Waals surface area contributed by atoms with Crippen LogP contribution in [0.2, 0.25) is 0 Å². The molecule has 90 valence electrons. The zero-order chi connectivity index (χ0) is 12.7. The molecule has 0 saturated carbocycles. The first-order valence-corrected chi connectivity index (χ1v) is 5.60. The van der Waals surface area contributed by atoms with Gasteiger partial charge in [-0.1, -0.05) is 30.3 Å². The Kier molecular flexibility index (Phi) is 5.18. The molecule has 0 aliphatic rings. The molecule has 3 N–H and O–H groups in total. The molecule has 1 aromatic carbocycles. The van der Waals surface area contributed by atoms with Crippen LogP contribution in [0, 0.1) is 17.2 Å². The van der Waals surface area contributed by atoms with E-state index in [2.05, 4.69) is 11.4 Å². The molecule has 0 bridgehead atoms. The van der Waals surface area contributed by atoms with E-state index < -0.39 is 6.04 Å². The van der Waals surface area contributed by atoms with E-state index in [1.54, 1.807) is 6.92 Å². The standard InChI is InChI=1S/C13H17N3O/c1-10(8-14)9-16-13(17)12(15)7-11-5-3-2-4-6-11/h2-6,10,12H,7,9,15H2,1H3,(H,16,17)/t10?,12-/m1/s1. The highest BCUT2D eigenvalue weighted by Crippen LogP contribution is 2.02. The van der Waals surface area contributed by atoms with Crippen LogP contribution in [0.5, 0.6) is 0 Å². The van der Waals surface area contributed by atoms with Gasteiger partial charge in [-0.2, -0.15) is 5.26 Å². The first kappa shape index (κ1) is 13.2. The highest BCUT2D eigenvalue weighted by atomic mass is 16.2. The van der Waals surface area contributed by atoms with Crippen molar-refractivity contribution < 1.29 is 4.79 Å². The summed E-state index contributed by atoms with van der Waals surface area (Å²) >= 11 is 0. The van der Waals surface area contributed by atoms with Crippen LogP contribution in [-0.2, 0) is 11.2 Å². The number of nitrogens with two attached hydrogens (primary N) is 1. The fourth-order valence-corrected chi connectivity index (χ4v) is 1.39. The van der Waals surface area contributed by atoms with Gasteiger partial charge in [0.15, 0.2) is 0 Å². The van der Waals surface area contributed by atoms with Gasteiger partial charge in [-0.25, -0.2) is 0 Å². The molecule has 0 aliphatic carbocycles. The van der Waals surface area contributed by atoms with Crippen LogP contribution in [0.25, 0.3) is 0 Å². The van der Waals surface area contributed by atoms with E-state index in [0.717, 1.165) is 5.56 Å². The molecule has 1 unspecified atom stereocenters. The van der Waals surface area contributed by atoms with Gasteiger partial charge in [0.25, 0.3) is 0 Å². The molecule has 1 rings (SSSR count). The molecule has 0 aromatic heterocycles. The summed E-state index contributed by atoms with van der Waals surface area (Å²) in [7, 11) is 0. The second kappa shape index (κ2) is 6.66. The molecule has 0 fully saturated rings. The Bertz CT molecular complexity index is 397. The van der Waals surface area contributed by atoms with Crippen molar-refractivity contribution in [2.24, 2.45) is 11.7 Å². The van der Waals surface area contributed by atoms with Crippen LogP contribution in [0.1, 0.15) is 12.5 Å². The molecule has 1 amide bonds. The molecule has 17 heavy (non-hydrogen) atoms. The maximum atomic E-state index is 11.6. The summed E-state index contributed by atoms with van der Waals surface area (Å²) in [5, 5.41) is 11.3. The van der Waals surface area contributed by atoms with E-state index in [0.29, 0.717) is 13.0 Å². The predicted octanol–water partition coefficient (Wildman–Crippen LogP) is 0.832. The minimum Gasteiger partial charge on any atom is -0.353 e. The van der Waals surface area contributed by atoms with E-state index in [4.69, 9.17) is 11.0 Å². The molecule has 0 heterocycles. The number of carbonyl (C=O) groups excluding carboxylic acids is 1. The third-order valence-corrected chi connectivity index (χ3v) is 2.44. The molecular formula is C13H17N3O. The summed E-state index contributed by atoms with van der Waals surface area (Å²) in [6.07, 6.45) is 0.508. The smallest absolute Gasteiger partial charge is 0.237 e. The van der Waals surface area contributed by atoms with Crippen molar-refractivity contribution >= 4 is 5.91 Å². The van der Waals surface area contributed by atoms with Crippen molar-refractivity contribution in [1.29, 1.82) is 5.26 Å². The van der Waals surface area contributed by atoms with Crippen LogP contribution >= 0.6 is 0 Å². The van der Waals surface area contributed by atoms with E-state index in [9.17, 15) is 4.79 Å². The number of rotatable bonds is 5. The van der Waals surface area contributed by atoms with Gasteiger partial charge in [0, 0.05) is 6.54 Å². The number of nitrogens with zero attached hydrogens (tertiary/aromatic N) is 1. The van der Waals surface area contributed by atoms with Gasteiger partial charge in [-0.15, -0.1) is 0 Å². The van der Waals surface area contributed by atoms with Gasteiger partial charge in [0.2, 0.25) is 5.91 Å². The van der Waals surface area contributed by atoms with Crippen molar-refractivity contribution in [2.45, 2.75) is 19.4 Å². The number of nitriles is 1. The quantitative estimate of drug-likeness (QED) is 0.787. The Hall–Kier alpha value is -1.86. The molecule has 4 nitrogen and oxygen atoms in total. The lowest BCUT2D eigenvalue weighted by molar-refractivity contribution is -0.122. The number of carbonyl (C=O) groups is 1. The minimum absolute atomic E-state index is 0.192. The van der Waals surface area contributed by atoms with E-state index >= 15 is 0 Å². The fourth-order valence-electron chi connectivity index (χ4n) is 1.39. The Labute approximate surface area is 101 Å². The average molecular weight is 231 g/mol. The van der Waals surface area contributed by atoms with Gasteiger partial charge in [0.1, 0.15) is 0 Å². The molecule has 0 spiro atoms. The van der Waals surface area contributed by atoms with Gasteiger partial charge >= 0.3 is 0 Å². The number of benzene rings is 1. The second-order valence-electron chi connectivity index (χ2n) is 4.07. The normalized spacial score (nSPS) is 13.5. The SMILES string of the molecule is CC(C#N)CNC(=O)[C@H](N)Cc1ccccc1. The Balaban J connectivity index is 2.40. The van der Waals surface area contributed by atoms with E-state index in [-0.39, 0.29) is 11.8 Å².